The predicted octanol–water partition coefficient (Wildman–Crippen LogP) is 2.31. The molecule has 1 atom stereocenters. The van der Waals surface area contributed by atoms with Crippen molar-refractivity contribution in [2.75, 3.05) is 19.7 Å². The molecule has 0 aliphatic heterocycles. The Balaban J connectivity index is 2.15. The molecule has 0 spiro atoms. The van der Waals surface area contributed by atoms with Crippen LogP contribution in [0.4, 0.5) is 0 Å². The number of aliphatic hydroxyl groups excluding tert-OH is 1. The summed E-state index contributed by atoms with van der Waals surface area (Å²) in [7, 11) is 0. The maximum atomic E-state index is 11.1. The van der Waals surface area contributed by atoms with Crippen molar-refractivity contribution in [2.24, 2.45) is 0 Å². The van der Waals surface area contributed by atoms with E-state index in [2.05, 4.69) is 5.32 Å². The van der Waals surface area contributed by atoms with Gasteiger partial charge in [-0.2, -0.15) is 0 Å². The maximum absolute atomic E-state index is 11.1. The van der Waals surface area contributed by atoms with E-state index in [1.54, 1.807) is 31.2 Å². The Kier molecular flexibility index (Phi) is 7.48. The number of rotatable bonds is 8. The average Bonchev–Trinajstić information content (AvgIpc) is 2.39. The third kappa shape index (κ3) is 6.57. The molecular formula is C14H20ClNO3. The zero-order valence-corrected chi connectivity index (χ0v) is 11.8. The molecule has 1 unspecified atom stereocenters. The molecule has 0 aromatic heterocycles. The smallest absolute Gasteiger partial charge is 0.305 e. The van der Waals surface area contributed by atoms with Gasteiger partial charge in [0.25, 0.3) is 0 Å². The van der Waals surface area contributed by atoms with Crippen LogP contribution in [0.3, 0.4) is 0 Å². The second-order valence-electron chi connectivity index (χ2n) is 4.18. The third-order valence-corrected chi connectivity index (χ3v) is 2.88. The summed E-state index contributed by atoms with van der Waals surface area (Å²) in [4.78, 5) is 11.1. The van der Waals surface area contributed by atoms with Crippen LogP contribution in [0.2, 0.25) is 5.02 Å². The molecule has 1 aromatic carbocycles. The van der Waals surface area contributed by atoms with Gasteiger partial charge in [-0.25, -0.2) is 0 Å². The summed E-state index contributed by atoms with van der Waals surface area (Å²) in [5, 5.41) is 13.7. The first-order valence-electron chi connectivity index (χ1n) is 6.43. The van der Waals surface area contributed by atoms with Crippen molar-refractivity contribution in [1.82, 2.24) is 5.32 Å². The molecule has 0 radical (unpaired) electrons. The average molecular weight is 286 g/mol. The van der Waals surface area contributed by atoms with Gasteiger partial charge in [0.05, 0.1) is 12.7 Å². The van der Waals surface area contributed by atoms with Gasteiger partial charge in [0.2, 0.25) is 0 Å². The SMILES string of the molecule is CCOC(=O)CCCNCC(O)c1ccc(Cl)cc1. The Bertz CT molecular complexity index is 381. The third-order valence-electron chi connectivity index (χ3n) is 2.63. The molecule has 0 aliphatic carbocycles. The van der Waals surface area contributed by atoms with E-state index in [1.807, 2.05) is 0 Å². The van der Waals surface area contributed by atoms with Crippen molar-refractivity contribution in [1.29, 1.82) is 0 Å². The van der Waals surface area contributed by atoms with Gasteiger partial charge >= 0.3 is 5.97 Å². The van der Waals surface area contributed by atoms with Crippen LogP contribution in [-0.4, -0.2) is 30.8 Å². The fraction of sp³-hybridized carbons (Fsp3) is 0.500. The number of nitrogens with one attached hydrogen (secondary N) is 1. The van der Waals surface area contributed by atoms with E-state index in [0.29, 0.717) is 37.6 Å². The second kappa shape index (κ2) is 8.91. The molecule has 0 heterocycles. The predicted molar refractivity (Wildman–Crippen MR) is 75.1 cm³/mol. The number of carbonyl (C=O) groups excluding carboxylic acids is 1. The van der Waals surface area contributed by atoms with Crippen LogP contribution in [-0.2, 0) is 9.53 Å². The van der Waals surface area contributed by atoms with Gasteiger partial charge < -0.3 is 15.2 Å². The summed E-state index contributed by atoms with van der Waals surface area (Å²) in [5.41, 5.74) is 0.822. The van der Waals surface area contributed by atoms with Crippen molar-refractivity contribution in [3.63, 3.8) is 0 Å². The molecule has 0 saturated carbocycles. The van der Waals surface area contributed by atoms with Gasteiger partial charge in [-0.1, -0.05) is 23.7 Å². The van der Waals surface area contributed by atoms with Gasteiger partial charge in [-0.05, 0) is 37.6 Å². The van der Waals surface area contributed by atoms with Crippen molar-refractivity contribution < 1.29 is 14.6 Å². The molecule has 1 rings (SSSR count). The molecule has 4 nitrogen and oxygen atoms in total. The lowest BCUT2D eigenvalue weighted by Gasteiger charge is -2.12. The van der Waals surface area contributed by atoms with Gasteiger partial charge in [-0.3, -0.25) is 4.79 Å². The van der Waals surface area contributed by atoms with Crippen molar-refractivity contribution in [3.05, 3.63) is 34.9 Å². The molecule has 0 bridgehead atoms. The molecule has 2 N–H and O–H groups in total. The molecule has 19 heavy (non-hydrogen) atoms. The number of hydrogen-bond donors (Lipinski definition) is 2. The number of hydrogen-bond acceptors (Lipinski definition) is 4. The summed E-state index contributed by atoms with van der Waals surface area (Å²) in [5.74, 6) is -0.178. The Morgan fingerprint density at radius 1 is 1.42 bits per heavy atom. The Labute approximate surface area is 118 Å². The van der Waals surface area contributed by atoms with E-state index in [-0.39, 0.29) is 5.97 Å². The number of halogens is 1. The first kappa shape index (κ1) is 16.0. The molecule has 0 saturated heterocycles. The van der Waals surface area contributed by atoms with Gasteiger partial charge in [0, 0.05) is 18.0 Å². The highest BCUT2D eigenvalue weighted by molar-refractivity contribution is 6.30. The Hall–Kier alpha value is -1.10. The lowest BCUT2D eigenvalue weighted by atomic mass is 10.1. The molecule has 0 amide bonds. The first-order valence-corrected chi connectivity index (χ1v) is 6.81. The zero-order chi connectivity index (χ0) is 14.1. The first-order chi connectivity index (χ1) is 9.13. The lowest BCUT2D eigenvalue weighted by molar-refractivity contribution is -0.143. The topological polar surface area (TPSA) is 58.6 Å². The molecule has 0 aliphatic rings. The fourth-order valence-electron chi connectivity index (χ4n) is 1.63. The minimum absolute atomic E-state index is 0.178. The van der Waals surface area contributed by atoms with Gasteiger partial charge in [-0.15, -0.1) is 0 Å². The van der Waals surface area contributed by atoms with E-state index in [4.69, 9.17) is 16.3 Å². The van der Waals surface area contributed by atoms with Crippen molar-refractivity contribution in [2.45, 2.75) is 25.9 Å². The van der Waals surface area contributed by atoms with Crippen molar-refractivity contribution >= 4 is 17.6 Å². The van der Waals surface area contributed by atoms with E-state index in [1.165, 1.54) is 0 Å². The number of aliphatic hydroxyl groups is 1. The summed E-state index contributed by atoms with van der Waals surface area (Å²) < 4.78 is 4.82. The van der Waals surface area contributed by atoms with Gasteiger partial charge in [0.1, 0.15) is 0 Å². The van der Waals surface area contributed by atoms with Crippen LogP contribution in [0.5, 0.6) is 0 Å². The lowest BCUT2D eigenvalue weighted by Crippen LogP contribution is -2.23. The second-order valence-corrected chi connectivity index (χ2v) is 4.62. The van der Waals surface area contributed by atoms with Crippen LogP contribution < -0.4 is 5.32 Å². The quantitative estimate of drug-likeness (QED) is 0.568. The summed E-state index contributed by atoms with van der Waals surface area (Å²) in [6, 6.07) is 7.10. The zero-order valence-electron chi connectivity index (χ0n) is 11.1. The summed E-state index contributed by atoms with van der Waals surface area (Å²) >= 11 is 5.78. The molecule has 5 heteroatoms. The number of carbonyl (C=O) groups is 1. The summed E-state index contributed by atoms with van der Waals surface area (Å²) in [6.45, 7) is 3.33. The van der Waals surface area contributed by atoms with Crippen LogP contribution in [0, 0.1) is 0 Å². The standard InChI is InChI=1S/C14H20ClNO3/c1-2-19-14(18)4-3-9-16-10-13(17)11-5-7-12(15)8-6-11/h5-8,13,16-17H,2-4,9-10H2,1H3. The van der Waals surface area contributed by atoms with E-state index in [0.717, 1.165) is 5.56 Å². The van der Waals surface area contributed by atoms with Crippen LogP contribution >= 0.6 is 11.6 Å². The normalized spacial score (nSPS) is 12.2. The van der Waals surface area contributed by atoms with Crippen LogP contribution in [0.15, 0.2) is 24.3 Å². The van der Waals surface area contributed by atoms with Crippen LogP contribution in [0.25, 0.3) is 0 Å². The molecular weight excluding hydrogens is 266 g/mol. The monoisotopic (exact) mass is 285 g/mol. The van der Waals surface area contributed by atoms with E-state index in [9.17, 15) is 9.90 Å². The minimum Gasteiger partial charge on any atom is -0.466 e. The van der Waals surface area contributed by atoms with E-state index >= 15 is 0 Å². The van der Waals surface area contributed by atoms with Crippen LogP contribution in [0.1, 0.15) is 31.4 Å². The highest BCUT2D eigenvalue weighted by atomic mass is 35.5. The van der Waals surface area contributed by atoms with Gasteiger partial charge in [0.15, 0.2) is 0 Å². The largest absolute Gasteiger partial charge is 0.466 e. The number of esters is 1. The molecule has 1 aromatic rings. The minimum atomic E-state index is -0.570. The summed E-state index contributed by atoms with van der Waals surface area (Å²) in [6.07, 6.45) is 0.532. The maximum Gasteiger partial charge on any atom is 0.305 e. The molecule has 106 valence electrons. The number of ether oxygens (including phenoxy) is 1. The Morgan fingerprint density at radius 2 is 2.11 bits per heavy atom. The highest BCUT2D eigenvalue weighted by Crippen LogP contribution is 2.15. The Morgan fingerprint density at radius 3 is 2.74 bits per heavy atom. The number of benzene rings is 1. The fourth-order valence-corrected chi connectivity index (χ4v) is 1.76. The van der Waals surface area contributed by atoms with Crippen molar-refractivity contribution in [3.8, 4) is 0 Å². The highest BCUT2D eigenvalue weighted by Gasteiger charge is 2.07. The van der Waals surface area contributed by atoms with E-state index < -0.39 is 6.10 Å². The molecule has 0 fully saturated rings.